The molecule has 1 aromatic carbocycles. The predicted molar refractivity (Wildman–Crippen MR) is 65.6 cm³/mol. The van der Waals surface area contributed by atoms with Crippen LogP contribution in [0, 0.1) is 5.92 Å². The fourth-order valence-corrected chi connectivity index (χ4v) is 1.81. The highest BCUT2D eigenvalue weighted by Gasteiger charge is 2.31. The van der Waals surface area contributed by atoms with E-state index in [0.29, 0.717) is 24.7 Å². The van der Waals surface area contributed by atoms with Gasteiger partial charge in [-0.1, -0.05) is 0 Å². The molecule has 98 valence electrons. The van der Waals surface area contributed by atoms with Crippen molar-refractivity contribution in [3.63, 3.8) is 0 Å². The molecule has 6 heteroatoms. The molecule has 0 spiro atoms. The van der Waals surface area contributed by atoms with E-state index >= 15 is 0 Å². The van der Waals surface area contributed by atoms with Crippen LogP contribution in [0.25, 0.3) is 0 Å². The van der Waals surface area contributed by atoms with Crippen LogP contribution in [0.1, 0.15) is 0 Å². The molecule has 1 heterocycles. The van der Waals surface area contributed by atoms with Crippen molar-refractivity contribution in [2.75, 3.05) is 25.6 Å². The van der Waals surface area contributed by atoms with Crippen molar-refractivity contribution < 1.29 is 19.4 Å². The molecular weight excluding hydrogens is 236 g/mol. The molecule has 1 aliphatic rings. The van der Waals surface area contributed by atoms with Gasteiger partial charge in [0.2, 0.25) is 5.91 Å². The van der Waals surface area contributed by atoms with Crippen LogP contribution >= 0.6 is 0 Å². The zero-order valence-corrected chi connectivity index (χ0v) is 10.1. The second-order valence-electron chi connectivity index (χ2n) is 4.18. The lowest BCUT2D eigenvalue weighted by Gasteiger charge is -2.14. The molecule has 1 aliphatic heterocycles. The first-order chi connectivity index (χ1) is 8.61. The molecule has 0 aromatic heterocycles. The number of amides is 1. The van der Waals surface area contributed by atoms with Gasteiger partial charge in [0.05, 0.1) is 31.9 Å². The average Bonchev–Trinajstić information content (AvgIpc) is 2.78. The first-order valence-electron chi connectivity index (χ1n) is 5.63. The van der Waals surface area contributed by atoms with Crippen molar-refractivity contribution >= 4 is 11.6 Å². The Hall–Kier alpha value is -1.79. The Morgan fingerprint density at radius 3 is 2.94 bits per heavy atom. The number of phenols is 1. The Bertz CT molecular complexity index is 450. The van der Waals surface area contributed by atoms with E-state index in [1.54, 1.807) is 12.1 Å². The van der Waals surface area contributed by atoms with Crippen molar-refractivity contribution in [1.82, 2.24) is 0 Å². The van der Waals surface area contributed by atoms with E-state index in [4.69, 9.17) is 15.2 Å². The summed E-state index contributed by atoms with van der Waals surface area (Å²) in [6, 6.07) is 4.31. The van der Waals surface area contributed by atoms with Gasteiger partial charge in [-0.3, -0.25) is 4.79 Å². The summed E-state index contributed by atoms with van der Waals surface area (Å²) < 4.78 is 10.2. The molecule has 0 bridgehead atoms. The second-order valence-corrected chi connectivity index (χ2v) is 4.18. The molecule has 6 nitrogen and oxygen atoms in total. The first-order valence-corrected chi connectivity index (χ1v) is 5.63. The summed E-state index contributed by atoms with van der Waals surface area (Å²) in [6.45, 7) is 0.680. The monoisotopic (exact) mass is 252 g/mol. The summed E-state index contributed by atoms with van der Waals surface area (Å²) in [7, 11) is 1.51. The summed E-state index contributed by atoms with van der Waals surface area (Å²) in [5.74, 6) is -0.120. The number of aromatic hydroxyl groups is 1. The summed E-state index contributed by atoms with van der Waals surface area (Å²) in [5, 5.41) is 12.3. The van der Waals surface area contributed by atoms with Gasteiger partial charge >= 0.3 is 0 Å². The number of carbonyl (C=O) groups excluding carboxylic acids is 1. The van der Waals surface area contributed by atoms with Crippen LogP contribution < -0.4 is 15.8 Å². The molecule has 0 aliphatic carbocycles. The lowest BCUT2D eigenvalue weighted by Crippen LogP contribution is -2.37. The minimum atomic E-state index is -0.393. The fraction of sp³-hybridized carbons (Fsp3) is 0.417. The van der Waals surface area contributed by atoms with Crippen LogP contribution in [-0.4, -0.2) is 37.4 Å². The van der Waals surface area contributed by atoms with E-state index in [0.717, 1.165) is 0 Å². The maximum atomic E-state index is 12.0. The summed E-state index contributed by atoms with van der Waals surface area (Å²) in [6.07, 6.45) is 0. The molecule has 2 atom stereocenters. The number of rotatable bonds is 3. The Morgan fingerprint density at radius 1 is 1.56 bits per heavy atom. The van der Waals surface area contributed by atoms with Gasteiger partial charge in [-0.25, -0.2) is 0 Å². The van der Waals surface area contributed by atoms with E-state index in [9.17, 15) is 9.90 Å². The molecule has 1 amide bonds. The zero-order chi connectivity index (χ0) is 13.1. The smallest absolute Gasteiger partial charge is 0.231 e. The largest absolute Gasteiger partial charge is 0.506 e. The standard InChI is InChI=1S/C12H16N2O4/c1-17-7-2-3-11(15)10(4-7)14-12(16)8-5-18-6-9(8)13/h2-4,8-9,15H,5-6,13H2,1H3,(H,14,16). The van der Waals surface area contributed by atoms with Gasteiger partial charge in [-0.05, 0) is 12.1 Å². The molecule has 0 radical (unpaired) electrons. The normalized spacial score (nSPS) is 22.8. The molecule has 1 fully saturated rings. The van der Waals surface area contributed by atoms with Crippen molar-refractivity contribution in [2.45, 2.75) is 6.04 Å². The van der Waals surface area contributed by atoms with Gasteiger partial charge in [0.1, 0.15) is 11.5 Å². The Kier molecular flexibility index (Phi) is 3.69. The zero-order valence-electron chi connectivity index (χ0n) is 10.1. The lowest BCUT2D eigenvalue weighted by molar-refractivity contribution is -0.120. The van der Waals surface area contributed by atoms with Crippen LogP contribution in [0.2, 0.25) is 0 Å². The molecule has 1 saturated heterocycles. The van der Waals surface area contributed by atoms with Crippen LogP contribution in [0.4, 0.5) is 5.69 Å². The Balaban J connectivity index is 2.11. The number of phenolic OH excluding ortho intramolecular Hbond substituents is 1. The topological polar surface area (TPSA) is 93.8 Å². The molecular formula is C12H16N2O4. The number of hydrogen-bond acceptors (Lipinski definition) is 5. The van der Waals surface area contributed by atoms with E-state index in [1.165, 1.54) is 13.2 Å². The van der Waals surface area contributed by atoms with Crippen LogP contribution in [0.5, 0.6) is 11.5 Å². The fourth-order valence-electron chi connectivity index (χ4n) is 1.81. The lowest BCUT2D eigenvalue weighted by atomic mass is 10.0. The van der Waals surface area contributed by atoms with Crippen molar-refractivity contribution in [3.05, 3.63) is 18.2 Å². The molecule has 2 rings (SSSR count). The summed E-state index contributed by atoms with van der Waals surface area (Å²) in [5.41, 5.74) is 6.06. The first kappa shape index (κ1) is 12.7. The van der Waals surface area contributed by atoms with Crippen LogP contribution in [0.15, 0.2) is 18.2 Å². The number of carbonyl (C=O) groups is 1. The minimum Gasteiger partial charge on any atom is -0.506 e. The van der Waals surface area contributed by atoms with E-state index in [1.807, 2.05) is 0 Å². The van der Waals surface area contributed by atoms with E-state index in [-0.39, 0.29) is 17.7 Å². The number of ether oxygens (including phenoxy) is 2. The average molecular weight is 252 g/mol. The van der Waals surface area contributed by atoms with Crippen LogP contribution in [-0.2, 0) is 9.53 Å². The van der Waals surface area contributed by atoms with Gasteiger partial charge < -0.3 is 25.6 Å². The van der Waals surface area contributed by atoms with Gasteiger partial charge in [0.25, 0.3) is 0 Å². The van der Waals surface area contributed by atoms with Crippen molar-refractivity contribution in [2.24, 2.45) is 11.7 Å². The third-order valence-corrected chi connectivity index (χ3v) is 2.92. The highest BCUT2D eigenvalue weighted by Crippen LogP contribution is 2.28. The van der Waals surface area contributed by atoms with Crippen LogP contribution in [0.3, 0.4) is 0 Å². The number of benzene rings is 1. The highest BCUT2D eigenvalue weighted by molar-refractivity contribution is 5.94. The predicted octanol–water partition coefficient (Wildman–Crippen LogP) is 0.313. The van der Waals surface area contributed by atoms with E-state index in [2.05, 4.69) is 5.32 Å². The quantitative estimate of drug-likeness (QED) is 0.673. The van der Waals surface area contributed by atoms with Crippen molar-refractivity contribution in [1.29, 1.82) is 0 Å². The SMILES string of the molecule is COc1ccc(O)c(NC(=O)C2COCC2N)c1. The number of nitrogens with one attached hydrogen (secondary N) is 1. The maximum Gasteiger partial charge on any atom is 0.231 e. The molecule has 1 aromatic rings. The highest BCUT2D eigenvalue weighted by atomic mass is 16.5. The third-order valence-electron chi connectivity index (χ3n) is 2.92. The molecule has 4 N–H and O–H groups in total. The molecule has 18 heavy (non-hydrogen) atoms. The molecule has 2 unspecified atom stereocenters. The Labute approximate surface area is 105 Å². The number of methoxy groups -OCH3 is 1. The summed E-state index contributed by atoms with van der Waals surface area (Å²) in [4.78, 5) is 12.0. The number of nitrogens with two attached hydrogens (primary N) is 1. The summed E-state index contributed by atoms with van der Waals surface area (Å²) >= 11 is 0. The van der Waals surface area contributed by atoms with Gasteiger partial charge in [-0.15, -0.1) is 0 Å². The molecule has 0 saturated carbocycles. The second kappa shape index (κ2) is 5.24. The van der Waals surface area contributed by atoms with Crippen molar-refractivity contribution in [3.8, 4) is 11.5 Å². The van der Waals surface area contributed by atoms with E-state index < -0.39 is 5.92 Å². The number of anilines is 1. The van der Waals surface area contributed by atoms with Gasteiger partial charge in [0.15, 0.2) is 0 Å². The third kappa shape index (κ3) is 2.55. The number of hydrogen-bond donors (Lipinski definition) is 3. The van der Waals surface area contributed by atoms with Gasteiger partial charge in [-0.2, -0.15) is 0 Å². The minimum absolute atomic E-state index is 0.0170. The Morgan fingerprint density at radius 2 is 2.33 bits per heavy atom. The van der Waals surface area contributed by atoms with Gasteiger partial charge in [0, 0.05) is 12.1 Å². The maximum absolute atomic E-state index is 12.0.